The predicted molar refractivity (Wildman–Crippen MR) is 55.0 cm³/mol. The van der Waals surface area contributed by atoms with Crippen LogP contribution in [0.3, 0.4) is 0 Å². The molecular formula is C10H17N3O. The Morgan fingerprint density at radius 1 is 1.57 bits per heavy atom. The minimum atomic E-state index is 0.0485. The fourth-order valence-corrected chi connectivity index (χ4v) is 1.18. The molecule has 4 nitrogen and oxygen atoms in total. The minimum Gasteiger partial charge on any atom is -0.355 e. The third kappa shape index (κ3) is 2.58. The number of nitrogens with one attached hydrogen (secondary N) is 1. The summed E-state index contributed by atoms with van der Waals surface area (Å²) in [4.78, 5) is 15.5. The molecule has 0 radical (unpaired) electrons. The molecule has 0 saturated carbocycles. The first-order valence-corrected chi connectivity index (χ1v) is 4.90. The number of hydrogen-bond acceptors (Lipinski definition) is 2. The molecule has 0 spiro atoms. The number of amides is 1. The summed E-state index contributed by atoms with van der Waals surface area (Å²) in [6.45, 7) is 7.05. The van der Waals surface area contributed by atoms with E-state index in [9.17, 15) is 4.79 Å². The molecule has 0 bridgehead atoms. The second kappa shape index (κ2) is 4.79. The molecule has 1 amide bonds. The molecule has 0 aliphatic carbocycles. The smallest absolute Gasteiger partial charge is 0.239 e. The zero-order chi connectivity index (χ0) is 10.6. The van der Waals surface area contributed by atoms with Crippen molar-refractivity contribution in [2.45, 2.75) is 33.7 Å². The number of aromatic nitrogens is 2. The van der Waals surface area contributed by atoms with E-state index in [1.54, 1.807) is 6.33 Å². The first-order valence-electron chi connectivity index (χ1n) is 4.90. The van der Waals surface area contributed by atoms with Gasteiger partial charge in [-0.2, -0.15) is 0 Å². The molecule has 14 heavy (non-hydrogen) atoms. The summed E-state index contributed by atoms with van der Waals surface area (Å²) in [6.07, 6.45) is 2.67. The van der Waals surface area contributed by atoms with E-state index in [-0.39, 0.29) is 5.91 Å². The van der Waals surface area contributed by atoms with Crippen molar-refractivity contribution in [2.24, 2.45) is 0 Å². The third-order valence-corrected chi connectivity index (χ3v) is 2.23. The van der Waals surface area contributed by atoms with E-state index in [4.69, 9.17) is 0 Å². The summed E-state index contributed by atoms with van der Waals surface area (Å²) in [5, 5.41) is 2.83. The van der Waals surface area contributed by atoms with Crippen LogP contribution in [-0.2, 0) is 11.3 Å². The molecule has 0 saturated heterocycles. The lowest BCUT2D eigenvalue weighted by molar-refractivity contribution is -0.121. The largest absolute Gasteiger partial charge is 0.355 e. The lowest BCUT2D eigenvalue weighted by Crippen LogP contribution is -2.28. The number of imidazole rings is 1. The summed E-state index contributed by atoms with van der Waals surface area (Å²) >= 11 is 0. The van der Waals surface area contributed by atoms with Gasteiger partial charge in [0.05, 0.1) is 12.0 Å². The normalized spacial score (nSPS) is 10.2. The van der Waals surface area contributed by atoms with E-state index < -0.39 is 0 Å². The van der Waals surface area contributed by atoms with E-state index in [0.29, 0.717) is 6.54 Å². The quantitative estimate of drug-likeness (QED) is 0.780. The lowest BCUT2D eigenvalue weighted by atomic mass is 10.4. The van der Waals surface area contributed by atoms with E-state index in [1.807, 2.05) is 25.3 Å². The Labute approximate surface area is 84.3 Å². The van der Waals surface area contributed by atoms with Crippen molar-refractivity contribution in [3.8, 4) is 0 Å². The van der Waals surface area contributed by atoms with Crippen LogP contribution in [0.25, 0.3) is 0 Å². The summed E-state index contributed by atoms with van der Waals surface area (Å²) in [5.41, 5.74) is 2.03. The first-order chi connectivity index (χ1) is 6.65. The second-order valence-electron chi connectivity index (χ2n) is 3.39. The maximum Gasteiger partial charge on any atom is 0.239 e. The van der Waals surface area contributed by atoms with Gasteiger partial charge in [0.25, 0.3) is 0 Å². The summed E-state index contributed by atoms with van der Waals surface area (Å²) in [6, 6.07) is 0. The maximum absolute atomic E-state index is 11.4. The molecule has 0 aliphatic rings. The van der Waals surface area contributed by atoms with Crippen LogP contribution in [0.15, 0.2) is 6.33 Å². The summed E-state index contributed by atoms with van der Waals surface area (Å²) in [7, 11) is 0. The van der Waals surface area contributed by atoms with Crippen molar-refractivity contribution in [1.29, 1.82) is 0 Å². The van der Waals surface area contributed by atoms with Gasteiger partial charge in [0.2, 0.25) is 5.91 Å². The highest BCUT2D eigenvalue weighted by molar-refractivity contribution is 5.75. The van der Waals surface area contributed by atoms with Crippen LogP contribution in [0.4, 0.5) is 0 Å². The number of nitrogens with zero attached hydrogens (tertiary/aromatic N) is 2. The molecule has 1 aromatic heterocycles. The average molecular weight is 195 g/mol. The highest BCUT2D eigenvalue weighted by Gasteiger charge is 2.05. The second-order valence-corrected chi connectivity index (χ2v) is 3.39. The van der Waals surface area contributed by atoms with Gasteiger partial charge in [-0.05, 0) is 20.3 Å². The van der Waals surface area contributed by atoms with Gasteiger partial charge in [0, 0.05) is 12.2 Å². The number of hydrogen-bond donors (Lipinski definition) is 1. The SMILES string of the molecule is CCCNC(=O)Cn1cnc(C)c1C. The van der Waals surface area contributed by atoms with Crippen LogP contribution in [0.5, 0.6) is 0 Å². The molecule has 0 fully saturated rings. The molecule has 1 heterocycles. The lowest BCUT2D eigenvalue weighted by Gasteiger charge is -2.05. The summed E-state index contributed by atoms with van der Waals surface area (Å²) in [5.74, 6) is 0.0485. The zero-order valence-electron chi connectivity index (χ0n) is 9.00. The van der Waals surface area contributed by atoms with Crippen molar-refractivity contribution < 1.29 is 4.79 Å². The molecular weight excluding hydrogens is 178 g/mol. The highest BCUT2D eigenvalue weighted by Crippen LogP contribution is 2.03. The monoisotopic (exact) mass is 195 g/mol. The van der Waals surface area contributed by atoms with Crippen LogP contribution in [0.1, 0.15) is 24.7 Å². The van der Waals surface area contributed by atoms with Crippen LogP contribution >= 0.6 is 0 Å². The number of carbonyl (C=O) groups excluding carboxylic acids is 1. The fourth-order valence-electron chi connectivity index (χ4n) is 1.18. The minimum absolute atomic E-state index is 0.0485. The Balaban J connectivity index is 2.52. The Kier molecular flexibility index (Phi) is 3.68. The Hall–Kier alpha value is -1.32. The number of rotatable bonds is 4. The molecule has 0 unspecified atom stereocenters. The predicted octanol–water partition coefficient (Wildman–Crippen LogP) is 1.03. The van der Waals surface area contributed by atoms with Gasteiger partial charge in [-0.25, -0.2) is 4.98 Å². The molecule has 0 aliphatic heterocycles. The molecule has 0 atom stereocenters. The van der Waals surface area contributed by atoms with Gasteiger partial charge >= 0.3 is 0 Å². The van der Waals surface area contributed by atoms with Crippen molar-refractivity contribution in [3.05, 3.63) is 17.7 Å². The van der Waals surface area contributed by atoms with Crippen molar-refractivity contribution >= 4 is 5.91 Å². The van der Waals surface area contributed by atoms with Crippen LogP contribution in [0, 0.1) is 13.8 Å². The average Bonchev–Trinajstić information content (AvgIpc) is 2.46. The highest BCUT2D eigenvalue weighted by atomic mass is 16.1. The topological polar surface area (TPSA) is 46.9 Å². The van der Waals surface area contributed by atoms with E-state index in [0.717, 1.165) is 24.4 Å². The standard InChI is InChI=1S/C10H17N3O/c1-4-5-11-10(14)6-13-7-12-8(2)9(13)3/h7H,4-6H2,1-3H3,(H,11,14). The number of aryl methyl sites for hydroxylation is 1. The maximum atomic E-state index is 11.4. The Bertz CT molecular complexity index is 317. The van der Waals surface area contributed by atoms with E-state index in [1.165, 1.54) is 0 Å². The van der Waals surface area contributed by atoms with Crippen molar-refractivity contribution in [1.82, 2.24) is 14.9 Å². The van der Waals surface area contributed by atoms with E-state index >= 15 is 0 Å². The van der Waals surface area contributed by atoms with Gasteiger partial charge in [-0.1, -0.05) is 6.92 Å². The third-order valence-electron chi connectivity index (χ3n) is 2.23. The fraction of sp³-hybridized carbons (Fsp3) is 0.600. The number of carbonyl (C=O) groups is 1. The first kappa shape index (κ1) is 10.8. The van der Waals surface area contributed by atoms with Gasteiger partial charge < -0.3 is 9.88 Å². The van der Waals surface area contributed by atoms with Crippen LogP contribution in [0.2, 0.25) is 0 Å². The van der Waals surface area contributed by atoms with Crippen LogP contribution < -0.4 is 5.32 Å². The molecule has 1 aromatic rings. The van der Waals surface area contributed by atoms with Gasteiger partial charge in [-0.3, -0.25) is 4.79 Å². The summed E-state index contributed by atoms with van der Waals surface area (Å²) < 4.78 is 1.86. The molecule has 1 N–H and O–H groups in total. The van der Waals surface area contributed by atoms with E-state index in [2.05, 4.69) is 10.3 Å². The molecule has 78 valence electrons. The molecule has 4 heteroatoms. The van der Waals surface area contributed by atoms with Crippen molar-refractivity contribution in [3.63, 3.8) is 0 Å². The molecule has 1 rings (SSSR count). The van der Waals surface area contributed by atoms with Crippen LogP contribution in [-0.4, -0.2) is 22.0 Å². The van der Waals surface area contributed by atoms with Crippen molar-refractivity contribution in [2.75, 3.05) is 6.54 Å². The van der Waals surface area contributed by atoms with Gasteiger partial charge in [0.15, 0.2) is 0 Å². The molecule has 0 aromatic carbocycles. The Morgan fingerprint density at radius 3 is 2.79 bits per heavy atom. The van der Waals surface area contributed by atoms with Gasteiger partial charge in [0.1, 0.15) is 6.54 Å². The van der Waals surface area contributed by atoms with Gasteiger partial charge in [-0.15, -0.1) is 0 Å². The Morgan fingerprint density at radius 2 is 2.29 bits per heavy atom. The zero-order valence-corrected chi connectivity index (χ0v) is 9.00.